The molecule has 1 aromatic heterocycles. The number of carbonyl (C=O) groups excluding carboxylic acids is 1. The highest BCUT2D eigenvalue weighted by atomic mass is 19.1. The SMILES string of the molecule is CCC(C)NC(=O)c1cc(NCc2ccc(F)cc2)nc(C)n1. The summed E-state index contributed by atoms with van der Waals surface area (Å²) in [7, 11) is 0. The minimum Gasteiger partial charge on any atom is -0.366 e. The van der Waals surface area contributed by atoms with Crippen molar-refractivity contribution in [2.75, 3.05) is 5.32 Å². The average Bonchev–Trinajstić information content (AvgIpc) is 2.53. The molecule has 5 nitrogen and oxygen atoms in total. The van der Waals surface area contributed by atoms with Gasteiger partial charge in [0, 0.05) is 18.7 Å². The topological polar surface area (TPSA) is 66.9 Å². The molecular weight excluding hydrogens is 295 g/mol. The summed E-state index contributed by atoms with van der Waals surface area (Å²) in [5.74, 6) is 0.602. The van der Waals surface area contributed by atoms with Gasteiger partial charge in [-0.3, -0.25) is 4.79 Å². The monoisotopic (exact) mass is 316 g/mol. The molecule has 6 heteroatoms. The van der Waals surface area contributed by atoms with Crippen LogP contribution >= 0.6 is 0 Å². The number of aryl methyl sites for hydroxylation is 1. The number of nitrogens with one attached hydrogen (secondary N) is 2. The van der Waals surface area contributed by atoms with Crippen molar-refractivity contribution in [3.05, 3.63) is 53.2 Å². The van der Waals surface area contributed by atoms with Gasteiger partial charge in [0.1, 0.15) is 23.2 Å². The van der Waals surface area contributed by atoms with Crippen LogP contribution in [0.2, 0.25) is 0 Å². The van der Waals surface area contributed by atoms with Crippen LogP contribution in [0.4, 0.5) is 10.2 Å². The fourth-order valence-corrected chi connectivity index (χ4v) is 1.97. The normalized spacial score (nSPS) is 11.8. The summed E-state index contributed by atoms with van der Waals surface area (Å²) in [6.45, 7) is 6.18. The van der Waals surface area contributed by atoms with Gasteiger partial charge in [-0.05, 0) is 38.0 Å². The van der Waals surface area contributed by atoms with Crippen molar-refractivity contribution in [3.63, 3.8) is 0 Å². The van der Waals surface area contributed by atoms with E-state index in [1.54, 1.807) is 25.1 Å². The van der Waals surface area contributed by atoms with Crippen molar-refractivity contribution in [2.24, 2.45) is 0 Å². The highest BCUT2D eigenvalue weighted by molar-refractivity contribution is 5.93. The summed E-state index contributed by atoms with van der Waals surface area (Å²) in [6.07, 6.45) is 0.853. The average molecular weight is 316 g/mol. The molecule has 0 spiro atoms. The molecule has 0 bridgehead atoms. The predicted molar refractivity (Wildman–Crippen MR) is 87.7 cm³/mol. The Morgan fingerprint density at radius 1 is 1.26 bits per heavy atom. The van der Waals surface area contributed by atoms with Gasteiger partial charge in [-0.15, -0.1) is 0 Å². The molecule has 0 aliphatic rings. The number of nitrogens with zero attached hydrogens (tertiary/aromatic N) is 2. The van der Waals surface area contributed by atoms with Crippen molar-refractivity contribution in [1.29, 1.82) is 0 Å². The molecule has 2 aromatic rings. The summed E-state index contributed by atoms with van der Waals surface area (Å²) in [6, 6.07) is 7.93. The number of rotatable bonds is 6. The van der Waals surface area contributed by atoms with Gasteiger partial charge in [0.15, 0.2) is 0 Å². The fourth-order valence-electron chi connectivity index (χ4n) is 1.97. The minimum absolute atomic E-state index is 0.0911. The van der Waals surface area contributed by atoms with E-state index in [1.165, 1.54) is 12.1 Å². The first-order valence-corrected chi connectivity index (χ1v) is 7.62. The molecule has 2 rings (SSSR count). The van der Waals surface area contributed by atoms with E-state index in [0.717, 1.165) is 12.0 Å². The third kappa shape index (κ3) is 5.02. The Labute approximate surface area is 135 Å². The molecule has 1 unspecified atom stereocenters. The summed E-state index contributed by atoms with van der Waals surface area (Å²) < 4.78 is 12.9. The smallest absolute Gasteiger partial charge is 0.270 e. The van der Waals surface area contributed by atoms with Gasteiger partial charge in [0.25, 0.3) is 5.91 Å². The molecule has 1 amide bonds. The molecule has 0 aliphatic carbocycles. The van der Waals surface area contributed by atoms with Crippen molar-refractivity contribution in [2.45, 2.75) is 39.8 Å². The lowest BCUT2D eigenvalue weighted by Gasteiger charge is -2.12. The van der Waals surface area contributed by atoms with Crippen LogP contribution in [-0.2, 0) is 6.54 Å². The third-order valence-electron chi connectivity index (χ3n) is 3.45. The Bertz CT molecular complexity index is 673. The van der Waals surface area contributed by atoms with E-state index in [4.69, 9.17) is 0 Å². The van der Waals surface area contributed by atoms with Crippen LogP contribution in [0.25, 0.3) is 0 Å². The van der Waals surface area contributed by atoms with E-state index >= 15 is 0 Å². The van der Waals surface area contributed by atoms with Gasteiger partial charge in [-0.1, -0.05) is 19.1 Å². The lowest BCUT2D eigenvalue weighted by Crippen LogP contribution is -2.32. The van der Waals surface area contributed by atoms with E-state index in [1.807, 2.05) is 13.8 Å². The highest BCUT2D eigenvalue weighted by Crippen LogP contribution is 2.10. The fraction of sp³-hybridized carbons (Fsp3) is 0.353. The standard InChI is InChI=1S/C17H21FN4O/c1-4-11(2)20-17(23)15-9-16(22-12(3)21-15)19-10-13-5-7-14(18)8-6-13/h5-9,11H,4,10H2,1-3H3,(H,20,23)(H,19,21,22). The molecule has 0 saturated heterocycles. The minimum atomic E-state index is -0.268. The number of aromatic nitrogens is 2. The highest BCUT2D eigenvalue weighted by Gasteiger charge is 2.12. The summed E-state index contributed by atoms with van der Waals surface area (Å²) in [4.78, 5) is 20.6. The summed E-state index contributed by atoms with van der Waals surface area (Å²) in [5.41, 5.74) is 1.26. The molecule has 0 aliphatic heterocycles. The molecule has 1 aromatic carbocycles. The Kier molecular flexibility index (Phi) is 5.62. The third-order valence-corrected chi connectivity index (χ3v) is 3.45. The van der Waals surface area contributed by atoms with Gasteiger partial charge < -0.3 is 10.6 Å². The summed E-state index contributed by atoms with van der Waals surface area (Å²) >= 11 is 0. The van der Waals surface area contributed by atoms with E-state index < -0.39 is 0 Å². The van der Waals surface area contributed by atoms with Crippen molar-refractivity contribution in [3.8, 4) is 0 Å². The zero-order valence-electron chi connectivity index (χ0n) is 13.6. The molecule has 0 saturated carbocycles. The molecule has 122 valence electrons. The summed E-state index contributed by atoms with van der Waals surface area (Å²) in [5, 5.41) is 6.01. The number of carbonyl (C=O) groups is 1. The molecule has 2 N–H and O–H groups in total. The first-order chi connectivity index (χ1) is 11.0. The molecule has 1 heterocycles. The quantitative estimate of drug-likeness (QED) is 0.859. The first kappa shape index (κ1) is 16.9. The molecule has 0 fully saturated rings. The van der Waals surface area contributed by atoms with E-state index in [-0.39, 0.29) is 17.8 Å². The van der Waals surface area contributed by atoms with Crippen LogP contribution in [0, 0.1) is 12.7 Å². The molecule has 0 radical (unpaired) electrons. The maximum absolute atomic E-state index is 12.9. The Balaban J connectivity index is 2.07. The number of anilines is 1. The maximum atomic E-state index is 12.9. The number of hydrogen-bond donors (Lipinski definition) is 2. The number of amides is 1. The van der Waals surface area contributed by atoms with Crippen molar-refractivity contribution < 1.29 is 9.18 Å². The zero-order valence-corrected chi connectivity index (χ0v) is 13.6. The van der Waals surface area contributed by atoms with Crippen LogP contribution in [0.1, 0.15) is 42.1 Å². The van der Waals surface area contributed by atoms with Crippen LogP contribution in [0.15, 0.2) is 30.3 Å². The van der Waals surface area contributed by atoms with Crippen LogP contribution in [0.5, 0.6) is 0 Å². The second-order valence-corrected chi connectivity index (χ2v) is 5.45. The van der Waals surface area contributed by atoms with Gasteiger partial charge >= 0.3 is 0 Å². The first-order valence-electron chi connectivity index (χ1n) is 7.62. The van der Waals surface area contributed by atoms with Crippen LogP contribution in [0.3, 0.4) is 0 Å². The van der Waals surface area contributed by atoms with Crippen LogP contribution in [-0.4, -0.2) is 21.9 Å². The van der Waals surface area contributed by atoms with Gasteiger partial charge in [0.2, 0.25) is 0 Å². The van der Waals surface area contributed by atoms with Crippen molar-refractivity contribution in [1.82, 2.24) is 15.3 Å². The largest absolute Gasteiger partial charge is 0.366 e. The lowest BCUT2D eigenvalue weighted by atomic mass is 10.2. The van der Waals surface area contributed by atoms with Crippen LogP contribution < -0.4 is 10.6 Å². The number of halogens is 1. The Hall–Kier alpha value is -2.50. The zero-order chi connectivity index (χ0) is 16.8. The second-order valence-electron chi connectivity index (χ2n) is 5.45. The lowest BCUT2D eigenvalue weighted by molar-refractivity contribution is 0.0934. The maximum Gasteiger partial charge on any atom is 0.270 e. The Morgan fingerprint density at radius 2 is 1.96 bits per heavy atom. The van der Waals surface area contributed by atoms with Gasteiger partial charge in [-0.25, -0.2) is 14.4 Å². The van der Waals surface area contributed by atoms with Gasteiger partial charge in [-0.2, -0.15) is 0 Å². The molecule has 1 atom stereocenters. The molecule has 23 heavy (non-hydrogen) atoms. The predicted octanol–water partition coefficient (Wildman–Crippen LogP) is 3.06. The molecular formula is C17H21FN4O. The van der Waals surface area contributed by atoms with E-state index in [9.17, 15) is 9.18 Å². The van der Waals surface area contributed by atoms with Crippen molar-refractivity contribution >= 4 is 11.7 Å². The van der Waals surface area contributed by atoms with E-state index in [0.29, 0.717) is 23.9 Å². The number of benzene rings is 1. The number of hydrogen-bond acceptors (Lipinski definition) is 4. The Morgan fingerprint density at radius 3 is 2.61 bits per heavy atom. The second kappa shape index (κ2) is 7.67. The van der Waals surface area contributed by atoms with E-state index in [2.05, 4.69) is 20.6 Å². The van der Waals surface area contributed by atoms with Gasteiger partial charge in [0.05, 0.1) is 0 Å².